The van der Waals surface area contributed by atoms with Gasteiger partial charge in [-0.3, -0.25) is 9.78 Å². The first-order chi connectivity index (χ1) is 12.2. The first-order valence-corrected chi connectivity index (χ1v) is 7.85. The second-order valence-electron chi connectivity index (χ2n) is 6.09. The Kier molecular flexibility index (Phi) is 4.43. The van der Waals surface area contributed by atoms with Gasteiger partial charge in [-0.2, -0.15) is 13.2 Å². The minimum absolute atomic E-state index is 0.0776. The molecule has 0 bridgehead atoms. The first-order valence-electron chi connectivity index (χ1n) is 7.85. The van der Waals surface area contributed by atoms with E-state index in [1.54, 1.807) is 6.07 Å². The number of carboxylic acid groups (broad SMARTS) is 1. The quantitative estimate of drug-likeness (QED) is 0.904. The average Bonchev–Trinajstić information content (AvgIpc) is 3.02. The number of hydrogen-bond donors (Lipinski definition) is 1. The third-order valence-electron chi connectivity index (χ3n) is 4.53. The van der Waals surface area contributed by atoms with Crippen LogP contribution in [-0.2, 0) is 12.6 Å². The Morgan fingerprint density at radius 1 is 1.27 bits per heavy atom. The van der Waals surface area contributed by atoms with Gasteiger partial charge in [0.25, 0.3) is 5.91 Å². The van der Waals surface area contributed by atoms with Crippen molar-refractivity contribution in [3.8, 4) is 0 Å². The molecule has 0 fully saturated rings. The largest absolute Gasteiger partial charge is 0.478 e. The molecular formula is C18H15F3N2O3. The molecular weight excluding hydrogens is 349 g/mol. The van der Waals surface area contributed by atoms with Gasteiger partial charge in [0.2, 0.25) is 0 Å². The number of carbonyl (C=O) groups is 2. The molecule has 1 aliphatic rings. The molecule has 0 saturated heterocycles. The number of nitrogens with zero attached hydrogens (tertiary/aromatic N) is 2. The van der Waals surface area contributed by atoms with E-state index in [1.165, 1.54) is 30.1 Å². The van der Waals surface area contributed by atoms with Crippen LogP contribution in [0.3, 0.4) is 0 Å². The monoisotopic (exact) mass is 364 g/mol. The van der Waals surface area contributed by atoms with Crippen molar-refractivity contribution in [2.24, 2.45) is 0 Å². The van der Waals surface area contributed by atoms with Gasteiger partial charge in [-0.15, -0.1) is 0 Å². The highest BCUT2D eigenvalue weighted by Gasteiger charge is 2.39. The molecule has 8 heteroatoms. The summed E-state index contributed by atoms with van der Waals surface area (Å²) in [5.74, 6) is -1.90. The maximum absolute atomic E-state index is 13.1. The van der Waals surface area contributed by atoms with Crippen molar-refractivity contribution < 1.29 is 27.9 Å². The van der Waals surface area contributed by atoms with Crippen LogP contribution < -0.4 is 0 Å². The lowest BCUT2D eigenvalue weighted by atomic mass is 10.0. The van der Waals surface area contributed by atoms with Crippen LogP contribution in [-0.4, -0.2) is 33.9 Å². The normalized spacial score (nSPS) is 16.2. The molecule has 0 saturated carbocycles. The molecule has 1 aliphatic carbocycles. The Morgan fingerprint density at radius 2 is 2.00 bits per heavy atom. The van der Waals surface area contributed by atoms with Crippen LogP contribution in [0.25, 0.3) is 0 Å². The van der Waals surface area contributed by atoms with E-state index >= 15 is 0 Å². The maximum Gasteiger partial charge on any atom is 0.434 e. The van der Waals surface area contributed by atoms with E-state index in [4.69, 9.17) is 5.11 Å². The predicted molar refractivity (Wildman–Crippen MR) is 85.8 cm³/mol. The van der Waals surface area contributed by atoms with Gasteiger partial charge >= 0.3 is 12.1 Å². The molecule has 136 valence electrons. The molecule has 26 heavy (non-hydrogen) atoms. The van der Waals surface area contributed by atoms with E-state index in [0.29, 0.717) is 18.4 Å². The fourth-order valence-electron chi connectivity index (χ4n) is 3.25. The van der Waals surface area contributed by atoms with Crippen LogP contribution in [0.5, 0.6) is 0 Å². The van der Waals surface area contributed by atoms with E-state index in [2.05, 4.69) is 4.98 Å². The highest BCUT2D eigenvalue weighted by Crippen LogP contribution is 2.37. The molecule has 1 aromatic carbocycles. The standard InChI is InChI=1S/C18H15F3N2O3/c1-23(16(24)12-3-2-8-22-15(12)18(19,20)21)14-7-6-10-4-5-11(17(25)26)9-13(10)14/h2-5,8-9,14H,6-7H2,1H3,(H,25,26). The summed E-state index contributed by atoms with van der Waals surface area (Å²) in [5.41, 5.74) is -0.131. The molecule has 0 spiro atoms. The molecule has 1 aromatic heterocycles. The van der Waals surface area contributed by atoms with E-state index in [0.717, 1.165) is 17.8 Å². The number of carbonyl (C=O) groups excluding carboxylic acids is 1. The zero-order chi connectivity index (χ0) is 19.1. The Balaban J connectivity index is 1.96. The van der Waals surface area contributed by atoms with Crippen LogP contribution in [0, 0.1) is 0 Å². The summed E-state index contributed by atoms with van der Waals surface area (Å²) in [6.45, 7) is 0. The summed E-state index contributed by atoms with van der Waals surface area (Å²) in [5, 5.41) is 9.14. The molecule has 1 amide bonds. The SMILES string of the molecule is CN(C(=O)c1cccnc1C(F)(F)F)C1CCc2ccc(C(=O)O)cc21. The number of aromatic nitrogens is 1. The van der Waals surface area contributed by atoms with E-state index in [-0.39, 0.29) is 5.56 Å². The molecule has 5 nitrogen and oxygen atoms in total. The van der Waals surface area contributed by atoms with Crippen molar-refractivity contribution >= 4 is 11.9 Å². The third-order valence-corrected chi connectivity index (χ3v) is 4.53. The Morgan fingerprint density at radius 3 is 2.65 bits per heavy atom. The van der Waals surface area contributed by atoms with Gasteiger partial charge in [0, 0.05) is 13.2 Å². The van der Waals surface area contributed by atoms with E-state index < -0.39 is 35.4 Å². The molecule has 3 rings (SSSR count). The zero-order valence-corrected chi connectivity index (χ0v) is 13.7. The molecule has 2 aromatic rings. The highest BCUT2D eigenvalue weighted by molar-refractivity contribution is 5.95. The molecule has 1 heterocycles. The molecule has 1 atom stereocenters. The van der Waals surface area contributed by atoms with Crippen LogP contribution in [0.2, 0.25) is 0 Å². The Hall–Kier alpha value is -2.90. The first kappa shape index (κ1) is 17.9. The number of aryl methyl sites for hydroxylation is 1. The van der Waals surface area contributed by atoms with Gasteiger partial charge in [0.05, 0.1) is 17.2 Å². The minimum Gasteiger partial charge on any atom is -0.478 e. The summed E-state index contributed by atoms with van der Waals surface area (Å²) in [6.07, 6.45) is -2.61. The van der Waals surface area contributed by atoms with E-state index in [1.807, 2.05) is 0 Å². The third kappa shape index (κ3) is 3.14. The second kappa shape index (κ2) is 6.44. The Bertz CT molecular complexity index is 880. The lowest BCUT2D eigenvalue weighted by Crippen LogP contribution is -2.32. The summed E-state index contributed by atoms with van der Waals surface area (Å²) in [7, 11) is 1.42. The number of rotatable bonds is 3. The lowest BCUT2D eigenvalue weighted by molar-refractivity contribution is -0.141. The number of fused-ring (bicyclic) bond motifs is 1. The van der Waals surface area contributed by atoms with Gasteiger partial charge in [0.15, 0.2) is 5.69 Å². The number of alkyl halides is 3. The second-order valence-corrected chi connectivity index (χ2v) is 6.09. The van der Waals surface area contributed by atoms with Gasteiger partial charge in [0.1, 0.15) is 0 Å². The molecule has 1 unspecified atom stereocenters. The van der Waals surface area contributed by atoms with Crippen molar-refractivity contribution in [1.29, 1.82) is 0 Å². The number of halogens is 3. The van der Waals surface area contributed by atoms with Crippen LogP contribution >= 0.6 is 0 Å². The van der Waals surface area contributed by atoms with Crippen molar-refractivity contribution in [2.45, 2.75) is 25.1 Å². The predicted octanol–water partition coefficient (Wildman–Crippen LogP) is 3.56. The van der Waals surface area contributed by atoms with Crippen LogP contribution in [0.15, 0.2) is 36.5 Å². The van der Waals surface area contributed by atoms with Crippen LogP contribution in [0.4, 0.5) is 13.2 Å². The molecule has 0 aliphatic heterocycles. The number of amides is 1. The van der Waals surface area contributed by atoms with E-state index in [9.17, 15) is 22.8 Å². The van der Waals surface area contributed by atoms with Crippen LogP contribution in [0.1, 0.15) is 50.0 Å². The fraction of sp³-hybridized carbons (Fsp3) is 0.278. The molecule has 1 N–H and O–H groups in total. The minimum atomic E-state index is -4.74. The summed E-state index contributed by atoms with van der Waals surface area (Å²) >= 11 is 0. The van der Waals surface area contributed by atoms with Gasteiger partial charge in [-0.05, 0) is 48.2 Å². The number of aromatic carboxylic acids is 1. The summed E-state index contributed by atoms with van der Waals surface area (Å²) in [6, 6.07) is 6.53. The van der Waals surface area contributed by atoms with Crippen molar-refractivity contribution in [3.63, 3.8) is 0 Å². The number of carboxylic acids is 1. The molecule has 0 radical (unpaired) electrons. The van der Waals surface area contributed by atoms with Gasteiger partial charge < -0.3 is 10.0 Å². The highest BCUT2D eigenvalue weighted by atomic mass is 19.4. The van der Waals surface area contributed by atoms with Crippen molar-refractivity contribution in [2.75, 3.05) is 7.05 Å². The zero-order valence-electron chi connectivity index (χ0n) is 13.7. The number of benzene rings is 1. The summed E-state index contributed by atoms with van der Waals surface area (Å²) in [4.78, 5) is 28.4. The van der Waals surface area contributed by atoms with Crippen molar-refractivity contribution in [1.82, 2.24) is 9.88 Å². The fourth-order valence-corrected chi connectivity index (χ4v) is 3.25. The number of pyridine rings is 1. The van der Waals surface area contributed by atoms with Gasteiger partial charge in [-0.1, -0.05) is 6.07 Å². The summed E-state index contributed by atoms with van der Waals surface area (Å²) < 4.78 is 39.4. The smallest absolute Gasteiger partial charge is 0.434 e. The lowest BCUT2D eigenvalue weighted by Gasteiger charge is -2.26. The van der Waals surface area contributed by atoms with Gasteiger partial charge in [-0.25, -0.2) is 4.79 Å². The average molecular weight is 364 g/mol. The number of hydrogen-bond acceptors (Lipinski definition) is 3. The maximum atomic E-state index is 13.1. The Labute approximate surface area is 147 Å². The van der Waals surface area contributed by atoms with Crippen molar-refractivity contribution in [3.05, 3.63) is 64.5 Å². The topological polar surface area (TPSA) is 70.5 Å².